The van der Waals surface area contributed by atoms with Crippen molar-refractivity contribution in [3.8, 4) is 5.69 Å². The zero-order chi connectivity index (χ0) is 29.2. The molecule has 0 bridgehead atoms. The second-order valence-corrected chi connectivity index (χ2v) is 11.3. The molecule has 0 aliphatic rings. The first-order chi connectivity index (χ1) is 19.7. The van der Waals surface area contributed by atoms with Gasteiger partial charge in [0, 0.05) is 17.3 Å². The summed E-state index contributed by atoms with van der Waals surface area (Å²) < 4.78 is 0. The molecule has 0 fully saturated rings. The van der Waals surface area contributed by atoms with Crippen LogP contribution >= 0.6 is 0 Å². The Morgan fingerprint density at radius 3 is 1.76 bits per heavy atom. The molecule has 4 aromatic carbocycles. The summed E-state index contributed by atoms with van der Waals surface area (Å²) in [6.07, 6.45) is 1.82. The fraction of sp³-hybridized carbons (Fsp3) is 0.286. The molecule has 0 aliphatic heterocycles. The molecule has 1 aromatic heterocycles. The lowest BCUT2D eigenvalue weighted by Gasteiger charge is -2.37. The maximum atomic E-state index is 12.1. The molecule has 210 valence electrons. The van der Waals surface area contributed by atoms with Crippen molar-refractivity contribution in [2.75, 3.05) is 0 Å². The largest absolute Gasteiger partial charge is 0.480 e. The minimum Gasteiger partial charge on any atom is -0.480 e. The summed E-state index contributed by atoms with van der Waals surface area (Å²) in [6.45, 7) is 8.89. The third kappa shape index (κ3) is 5.16. The van der Waals surface area contributed by atoms with Crippen molar-refractivity contribution in [3.63, 3.8) is 0 Å². The van der Waals surface area contributed by atoms with Crippen LogP contribution in [0, 0.1) is 0 Å². The van der Waals surface area contributed by atoms with Gasteiger partial charge in [0.2, 0.25) is 0 Å². The first-order valence-corrected chi connectivity index (χ1v) is 14.3. The highest BCUT2D eigenvalue weighted by molar-refractivity contribution is 5.75. The van der Waals surface area contributed by atoms with Crippen molar-refractivity contribution < 1.29 is 9.90 Å². The molecule has 3 N–H and O–H groups in total. The second-order valence-electron chi connectivity index (χ2n) is 11.3. The summed E-state index contributed by atoms with van der Waals surface area (Å²) in [6, 6.07) is 32.1. The van der Waals surface area contributed by atoms with Gasteiger partial charge < -0.3 is 10.8 Å². The van der Waals surface area contributed by atoms with Crippen LogP contribution in [0.4, 0.5) is 0 Å². The molecule has 1 heterocycles. The van der Waals surface area contributed by atoms with Crippen molar-refractivity contribution in [1.29, 1.82) is 0 Å². The summed E-state index contributed by atoms with van der Waals surface area (Å²) in [5, 5.41) is 19.6. The van der Waals surface area contributed by atoms with Crippen LogP contribution in [0.5, 0.6) is 0 Å². The number of rotatable bonds is 10. The molecule has 0 radical (unpaired) electrons. The van der Waals surface area contributed by atoms with E-state index in [-0.39, 0.29) is 11.8 Å². The van der Waals surface area contributed by atoms with Crippen LogP contribution in [0.2, 0.25) is 0 Å². The number of carboxylic acid groups (broad SMARTS) is 1. The number of hydrogen-bond acceptors (Lipinski definition) is 4. The van der Waals surface area contributed by atoms with Gasteiger partial charge in [-0.1, -0.05) is 107 Å². The van der Waals surface area contributed by atoms with Gasteiger partial charge in [-0.25, -0.2) is 0 Å². The van der Waals surface area contributed by atoms with Crippen molar-refractivity contribution in [2.24, 2.45) is 5.73 Å². The minimum absolute atomic E-state index is 0.148. The molecule has 0 aliphatic carbocycles. The molecule has 2 unspecified atom stereocenters. The second kappa shape index (κ2) is 11.3. The molecule has 6 heteroatoms. The summed E-state index contributed by atoms with van der Waals surface area (Å²) in [7, 11) is 0. The van der Waals surface area contributed by atoms with E-state index in [1.165, 1.54) is 5.56 Å². The highest BCUT2D eigenvalue weighted by atomic mass is 16.4. The third-order valence-corrected chi connectivity index (χ3v) is 8.94. The molecular weight excluding hydrogens is 508 g/mol. The van der Waals surface area contributed by atoms with Gasteiger partial charge in [0.1, 0.15) is 17.1 Å². The van der Waals surface area contributed by atoms with Gasteiger partial charge in [-0.2, -0.15) is 4.80 Å². The predicted molar refractivity (Wildman–Crippen MR) is 165 cm³/mol. The maximum absolute atomic E-state index is 12.1. The Kier molecular flexibility index (Phi) is 7.78. The Balaban J connectivity index is 1.89. The van der Waals surface area contributed by atoms with Crippen LogP contribution in [-0.2, 0) is 22.0 Å². The van der Waals surface area contributed by atoms with E-state index in [2.05, 4.69) is 88.4 Å². The Hall–Kier alpha value is -4.29. The lowest BCUT2D eigenvalue weighted by atomic mass is 9.67. The molecule has 0 saturated carbocycles. The quantitative estimate of drug-likeness (QED) is 0.201. The maximum Gasteiger partial charge on any atom is 0.320 e. The summed E-state index contributed by atoms with van der Waals surface area (Å²) in [4.78, 5) is 13.8. The first kappa shape index (κ1) is 28.2. The molecule has 0 spiro atoms. The van der Waals surface area contributed by atoms with E-state index in [4.69, 9.17) is 15.9 Å². The monoisotopic (exact) mass is 546 g/mol. The van der Waals surface area contributed by atoms with E-state index in [9.17, 15) is 9.90 Å². The highest BCUT2D eigenvalue weighted by Crippen LogP contribution is 2.44. The average molecular weight is 547 g/mol. The molecular formula is C35H38N4O2. The number of carboxylic acids is 1. The number of fused-ring (bicyclic) bond motifs is 1. The van der Waals surface area contributed by atoms with Crippen LogP contribution in [0.25, 0.3) is 16.7 Å². The van der Waals surface area contributed by atoms with E-state index < -0.39 is 17.4 Å². The van der Waals surface area contributed by atoms with Crippen LogP contribution in [0.15, 0.2) is 97.1 Å². The first-order valence-electron chi connectivity index (χ1n) is 14.3. The van der Waals surface area contributed by atoms with Gasteiger partial charge in [-0.15, -0.1) is 10.2 Å². The molecule has 6 nitrogen and oxygen atoms in total. The minimum atomic E-state index is -1.08. The van der Waals surface area contributed by atoms with Crippen molar-refractivity contribution in [2.45, 2.75) is 63.8 Å². The van der Waals surface area contributed by atoms with Crippen LogP contribution < -0.4 is 5.73 Å². The van der Waals surface area contributed by atoms with Gasteiger partial charge in [0.15, 0.2) is 0 Å². The fourth-order valence-electron chi connectivity index (χ4n) is 5.87. The van der Waals surface area contributed by atoms with Gasteiger partial charge in [0.05, 0.1) is 5.69 Å². The molecule has 41 heavy (non-hydrogen) atoms. The Morgan fingerprint density at radius 2 is 1.27 bits per heavy atom. The van der Waals surface area contributed by atoms with Crippen molar-refractivity contribution in [1.82, 2.24) is 15.0 Å². The SMILES string of the molecule is CCC(C)(c1ccccc1)c1cc(-n2nc3ccccc3n2)c(C[C@H](N)C(=O)O)c(C(C)(CC)c2ccccc2)c1. The Bertz CT molecular complexity index is 1630. The van der Waals surface area contributed by atoms with Crippen LogP contribution in [0.1, 0.15) is 68.4 Å². The lowest BCUT2D eigenvalue weighted by Crippen LogP contribution is -2.35. The number of nitrogens with zero attached hydrogens (tertiary/aromatic N) is 3. The number of hydrogen-bond donors (Lipinski definition) is 2. The molecule has 3 atom stereocenters. The van der Waals surface area contributed by atoms with E-state index >= 15 is 0 Å². The summed E-state index contributed by atoms with van der Waals surface area (Å²) >= 11 is 0. The number of aromatic nitrogens is 3. The molecule has 5 aromatic rings. The highest BCUT2D eigenvalue weighted by Gasteiger charge is 2.36. The smallest absolute Gasteiger partial charge is 0.320 e. The molecule has 5 rings (SSSR count). The number of benzene rings is 4. The van der Waals surface area contributed by atoms with Crippen LogP contribution in [0.3, 0.4) is 0 Å². The van der Waals surface area contributed by atoms with Gasteiger partial charge in [-0.05, 0) is 58.9 Å². The summed E-state index contributed by atoms with van der Waals surface area (Å²) in [5.74, 6) is -1.04. The van der Waals surface area contributed by atoms with E-state index in [0.29, 0.717) is 0 Å². The Morgan fingerprint density at radius 1 is 0.780 bits per heavy atom. The predicted octanol–water partition coefficient (Wildman–Crippen LogP) is 6.81. The van der Waals surface area contributed by atoms with E-state index in [0.717, 1.165) is 51.8 Å². The lowest BCUT2D eigenvalue weighted by molar-refractivity contribution is -0.138. The zero-order valence-corrected chi connectivity index (χ0v) is 24.2. The number of carbonyl (C=O) groups is 1. The standard InChI is InChI=1S/C35H38N4O2/c1-5-34(3,24-15-9-7-10-16-24)26-21-28(35(4,6-2)25-17-11-8-12-18-25)27(23-29(36)33(40)41)32(22-26)39-37-30-19-13-14-20-31(30)38-39/h7-22,29H,5-6,23,36H2,1-4H3,(H,40,41)/t29-,34?,35?/m0/s1. The van der Waals surface area contributed by atoms with Crippen molar-refractivity contribution in [3.05, 3.63) is 125 Å². The number of aliphatic carboxylic acids is 1. The van der Waals surface area contributed by atoms with Gasteiger partial charge in [0.25, 0.3) is 0 Å². The Labute approximate surface area is 241 Å². The average Bonchev–Trinajstić information content (AvgIpc) is 3.45. The zero-order valence-electron chi connectivity index (χ0n) is 24.2. The molecule has 0 amide bonds. The third-order valence-electron chi connectivity index (χ3n) is 8.94. The van der Waals surface area contributed by atoms with E-state index in [1.807, 2.05) is 36.4 Å². The van der Waals surface area contributed by atoms with E-state index in [1.54, 1.807) is 4.80 Å². The fourth-order valence-corrected chi connectivity index (χ4v) is 5.87. The molecule has 0 saturated heterocycles. The van der Waals surface area contributed by atoms with Crippen molar-refractivity contribution >= 4 is 17.0 Å². The number of nitrogens with two attached hydrogens (primary N) is 1. The van der Waals surface area contributed by atoms with Crippen LogP contribution in [-0.4, -0.2) is 32.1 Å². The normalized spacial score (nSPS) is 15.2. The van der Waals surface area contributed by atoms with Gasteiger partial charge in [-0.3, -0.25) is 4.79 Å². The van der Waals surface area contributed by atoms with Gasteiger partial charge >= 0.3 is 5.97 Å². The summed E-state index contributed by atoms with van der Waals surface area (Å²) in [5.41, 5.74) is 13.2. The topological polar surface area (TPSA) is 94.0 Å².